The molecule has 2 aromatic carbocycles. The van der Waals surface area contributed by atoms with E-state index in [0.717, 1.165) is 11.1 Å². The molecule has 0 saturated heterocycles. The van der Waals surface area contributed by atoms with Gasteiger partial charge in [0, 0.05) is 23.2 Å². The van der Waals surface area contributed by atoms with Gasteiger partial charge in [-0.3, -0.25) is 4.72 Å². The van der Waals surface area contributed by atoms with E-state index >= 15 is 0 Å². The highest BCUT2D eigenvalue weighted by Crippen LogP contribution is 2.41. The second-order valence-electron chi connectivity index (χ2n) is 7.34. The zero-order valence-corrected chi connectivity index (χ0v) is 19.9. The van der Waals surface area contributed by atoms with Gasteiger partial charge in [0.25, 0.3) is 10.0 Å². The van der Waals surface area contributed by atoms with Crippen molar-refractivity contribution in [3.05, 3.63) is 64.3 Å². The Hall–Kier alpha value is -3.17. The topological polar surface area (TPSA) is 96.0 Å². The number of methoxy groups -OCH3 is 2. The first kappa shape index (κ1) is 23.0. The van der Waals surface area contributed by atoms with Crippen LogP contribution < -0.4 is 23.7 Å². The first-order valence-corrected chi connectivity index (χ1v) is 12.0. The van der Waals surface area contributed by atoms with E-state index in [2.05, 4.69) is 9.71 Å². The molecule has 174 valence electrons. The summed E-state index contributed by atoms with van der Waals surface area (Å²) in [4.78, 5) is 4.41. The van der Waals surface area contributed by atoms with Crippen molar-refractivity contribution >= 4 is 27.3 Å². The number of nitrogens with one attached hydrogen (secondary N) is 1. The predicted octanol–water partition coefficient (Wildman–Crippen LogP) is 4.38. The van der Waals surface area contributed by atoms with Crippen molar-refractivity contribution in [2.24, 2.45) is 0 Å². The van der Waals surface area contributed by atoms with Crippen LogP contribution in [0.4, 0.5) is 5.69 Å². The maximum Gasteiger partial charge on any atom is 0.262 e. The van der Waals surface area contributed by atoms with Crippen molar-refractivity contribution in [1.82, 2.24) is 4.98 Å². The van der Waals surface area contributed by atoms with Crippen molar-refractivity contribution < 1.29 is 27.4 Å². The Labute approximate surface area is 197 Å². The number of hydrogen-bond acceptors (Lipinski definition) is 7. The summed E-state index contributed by atoms with van der Waals surface area (Å²) < 4.78 is 51.3. The Kier molecular flexibility index (Phi) is 6.53. The molecule has 0 radical (unpaired) electrons. The highest BCUT2D eigenvalue weighted by Gasteiger charge is 2.27. The van der Waals surface area contributed by atoms with E-state index in [1.165, 1.54) is 6.07 Å². The minimum absolute atomic E-state index is 0.0661. The molecule has 0 spiro atoms. The predicted molar refractivity (Wildman–Crippen MR) is 124 cm³/mol. The van der Waals surface area contributed by atoms with E-state index in [1.807, 2.05) is 6.07 Å². The number of halogens is 1. The van der Waals surface area contributed by atoms with Crippen LogP contribution in [0.2, 0.25) is 5.02 Å². The maximum atomic E-state index is 13.2. The molecule has 1 aromatic heterocycles. The first-order chi connectivity index (χ1) is 15.8. The minimum Gasteiger partial charge on any atom is -0.493 e. The normalized spacial score (nSPS) is 12.6. The molecule has 0 unspecified atom stereocenters. The van der Waals surface area contributed by atoms with E-state index in [1.54, 1.807) is 51.6 Å². The van der Waals surface area contributed by atoms with Crippen LogP contribution >= 0.6 is 11.6 Å². The van der Waals surface area contributed by atoms with Gasteiger partial charge in [0.15, 0.2) is 22.9 Å². The van der Waals surface area contributed by atoms with Crippen LogP contribution in [-0.4, -0.2) is 34.2 Å². The van der Waals surface area contributed by atoms with Crippen LogP contribution in [0.5, 0.6) is 23.1 Å². The zero-order valence-electron chi connectivity index (χ0n) is 18.3. The Morgan fingerprint density at radius 1 is 1.15 bits per heavy atom. The first-order valence-electron chi connectivity index (χ1n) is 10.1. The largest absolute Gasteiger partial charge is 0.493 e. The van der Waals surface area contributed by atoms with Gasteiger partial charge < -0.3 is 18.9 Å². The van der Waals surface area contributed by atoms with Crippen molar-refractivity contribution in [2.75, 3.05) is 25.5 Å². The molecule has 2 heterocycles. The highest BCUT2D eigenvalue weighted by atomic mass is 35.5. The van der Waals surface area contributed by atoms with Gasteiger partial charge in [-0.05, 0) is 42.3 Å². The maximum absolute atomic E-state index is 13.2. The Morgan fingerprint density at radius 3 is 2.70 bits per heavy atom. The van der Waals surface area contributed by atoms with Gasteiger partial charge >= 0.3 is 0 Å². The lowest BCUT2D eigenvalue weighted by molar-refractivity contribution is 0.291. The third kappa shape index (κ3) is 4.65. The molecule has 0 saturated carbocycles. The molecule has 8 nitrogen and oxygen atoms in total. The molecule has 0 aliphatic carbocycles. The number of sulfonamides is 1. The Bertz CT molecular complexity index is 1300. The lowest BCUT2D eigenvalue weighted by atomic mass is 10.2. The number of ether oxygens (including phenoxy) is 4. The van der Waals surface area contributed by atoms with Gasteiger partial charge in [-0.1, -0.05) is 23.7 Å². The molecule has 33 heavy (non-hydrogen) atoms. The monoisotopic (exact) mass is 490 g/mol. The second kappa shape index (κ2) is 9.36. The van der Waals surface area contributed by atoms with Crippen molar-refractivity contribution in [3.8, 4) is 23.1 Å². The molecule has 0 atom stereocenters. The lowest BCUT2D eigenvalue weighted by Crippen LogP contribution is -2.16. The second-order valence-corrected chi connectivity index (χ2v) is 9.40. The molecule has 4 rings (SSSR count). The molecule has 3 aromatic rings. The van der Waals surface area contributed by atoms with E-state index in [4.69, 9.17) is 30.5 Å². The number of anilines is 1. The van der Waals surface area contributed by atoms with Crippen LogP contribution in [0.3, 0.4) is 0 Å². The van der Waals surface area contributed by atoms with Gasteiger partial charge in [0.2, 0.25) is 5.88 Å². The Morgan fingerprint density at radius 2 is 1.94 bits per heavy atom. The third-order valence-electron chi connectivity index (χ3n) is 5.26. The SMILES string of the molecule is COc1ccc(COc2ncc3c(c2NS(=O)(=O)c2cccc(Cl)c2C)OCC3)cc1OC. The van der Waals surface area contributed by atoms with Crippen LogP contribution in [0.1, 0.15) is 16.7 Å². The van der Waals surface area contributed by atoms with Crippen LogP contribution in [0.15, 0.2) is 47.5 Å². The third-order valence-corrected chi connectivity index (χ3v) is 7.16. The summed E-state index contributed by atoms with van der Waals surface area (Å²) in [6.45, 7) is 2.20. The fourth-order valence-electron chi connectivity index (χ4n) is 3.51. The van der Waals surface area contributed by atoms with Gasteiger partial charge in [-0.2, -0.15) is 0 Å². The zero-order chi connectivity index (χ0) is 23.6. The van der Waals surface area contributed by atoms with E-state index in [9.17, 15) is 8.42 Å². The number of pyridine rings is 1. The molecular formula is C23H23ClN2O6S. The molecule has 1 aliphatic rings. The van der Waals surface area contributed by atoms with E-state index in [0.29, 0.717) is 40.9 Å². The number of benzene rings is 2. The number of fused-ring (bicyclic) bond motifs is 1. The van der Waals surface area contributed by atoms with Gasteiger partial charge in [-0.25, -0.2) is 13.4 Å². The molecule has 1 N–H and O–H groups in total. The summed E-state index contributed by atoms with van der Waals surface area (Å²) >= 11 is 6.14. The number of hydrogen-bond donors (Lipinski definition) is 1. The molecule has 0 bridgehead atoms. The van der Waals surface area contributed by atoms with E-state index in [-0.39, 0.29) is 23.1 Å². The summed E-state index contributed by atoms with van der Waals surface area (Å²) in [5.41, 5.74) is 2.19. The fraction of sp³-hybridized carbons (Fsp3) is 0.261. The number of aromatic nitrogens is 1. The van der Waals surface area contributed by atoms with Gasteiger partial charge in [-0.15, -0.1) is 0 Å². The van der Waals surface area contributed by atoms with Crippen LogP contribution in [0.25, 0.3) is 0 Å². The van der Waals surface area contributed by atoms with Crippen LogP contribution in [0, 0.1) is 6.92 Å². The standard InChI is InChI=1S/C23H23ClN2O6S/c1-14-17(24)5-4-6-20(14)33(27,28)26-21-22-16(9-10-31-22)12-25-23(21)32-13-15-7-8-18(29-2)19(11-15)30-3/h4-8,11-12,26H,9-10,13H2,1-3H3. The van der Waals surface area contributed by atoms with Crippen molar-refractivity contribution in [1.29, 1.82) is 0 Å². The summed E-state index contributed by atoms with van der Waals surface area (Å²) in [6.07, 6.45) is 2.26. The van der Waals surface area contributed by atoms with Gasteiger partial charge in [0.05, 0.1) is 25.7 Å². The van der Waals surface area contributed by atoms with E-state index < -0.39 is 10.0 Å². The van der Waals surface area contributed by atoms with Crippen molar-refractivity contribution in [3.63, 3.8) is 0 Å². The molecule has 0 amide bonds. The fourth-order valence-corrected chi connectivity index (χ4v) is 5.07. The molecular weight excluding hydrogens is 468 g/mol. The highest BCUT2D eigenvalue weighted by molar-refractivity contribution is 7.92. The van der Waals surface area contributed by atoms with Crippen molar-refractivity contribution in [2.45, 2.75) is 24.8 Å². The summed E-state index contributed by atoms with van der Waals surface area (Å²) in [5.74, 6) is 1.67. The number of rotatable bonds is 8. The Balaban J connectivity index is 1.66. The molecule has 0 fully saturated rings. The molecule has 10 heteroatoms. The summed E-state index contributed by atoms with van der Waals surface area (Å²) in [7, 11) is -0.878. The summed E-state index contributed by atoms with van der Waals surface area (Å²) in [5, 5.41) is 0.357. The lowest BCUT2D eigenvalue weighted by Gasteiger charge is -2.17. The quantitative estimate of drug-likeness (QED) is 0.500. The smallest absolute Gasteiger partial charge is 0.262 e. The number of nitrogens with zero attached hydrogens (tertiary/aromatic N) is 1. The average molecular weight is 491 g/mol. The van der Waals surface area contributed by atoms with Crippen LogP contribution in [-0.2, 0) is 23.1 Å². The summed E-state index contributed by atoms with van der Waals surface area (Å²) in [6, 6.07) is 10.1. The minimum atomic E-state index is -3.98. The van der Waals surface area contributed by atoms with Gasteiger partial charge in [0.1, 0.15) is 6.61 Å². The average Bonchev–Trinajstić information content (AvgIpc) is 3.29. The molecule has 1 aliphatic heterocycles.